The van der Waals surface area contributed by atoms with E-state index in [4.69, 9.17) is 0 Å². The van der Waals surface area contributed by atoms with Gasteiger partial charge in [0.05, 0.1) is 4.83 Å². The molecule has 1 N–H and O–H groups in total. The predicted molar refractivity (Wildman–Crippen MR) is 72.1 cm³/mol. The van der Waals surface area contributed by atoms with Crippen LogP contribution >= 0.6 is 15.9 Å². The summed E-state index contributed by atoms with van der Waals surface area (Å²) < 4.78 is 0. The van der Waals surface area contributed by atoms with Crippen molar-refractivity contribution in [2.45, 2.75) is 32.5 Å². The van der Waals surface area contributed by atoms with Crippen LogP contribution < -0.4 is 5.32 Å². The highest BCUT2D eigenvalue weighted by atomic mass is 79.9. The van der Waals surface area contributed by atoms with E-state index in [-0.39, 0.29) is 16.7 Å². The molecule has 0 spiro atoms. The number of anilines is 1. The highest BCUT2D eigenvalue weighted by Crippen LogP contribution is 2.17. The van der Waals surface area contributed by atoms with Crippen LogP contribution in [0, 0.1) is 19.8 Å². The Kier molecular flexibility index (Phi) is 4.54. The molecule has 16 heavy (non-hydrogen) atoms. The van der Waals surface area contributed by atoms with Gasteiger partial charge >= 0.3 is 0 Å². The molecule has 0 aliphatic rings. The van der Waals surface area contributed by atoms with Crippen LogP contribution in [0.5, 0.6) is 0 Å². The third-order valence-electron chi connectivity index (χ3n) is 2.33. The van der Waals surface area contributed by atoms with Crippen LogP contribution in [-0.2, 0) is 4.79 Å². The first-order chi connectivity index (χ1) is 7.40. The fourth-order valence-corrected chi connectivity index (χ4v) is 1.68. The van der Waals surface area contributed by atoms with Crippen molar-refractivity contribution in [2.24, 2.45) is 5.92 Å². The molecular weight excluding hydrogens is 266 g/mol. The van der Waals surface area contributed by atoms with Crippen molar-refractivity contribution in [1.82, 2.24) is 0 Å². The van der Waals surface area contributed by atoms with Crippen molar-refractivity contribution in [3.63, 3.8) is 0 Å². The number of aryl methyl sites for hydroxylation is 2. The zero-order valence-corrected chi connectivity index (χ0v) is 11.8. The Morgan fingerprint density at radius 2 is 1.69 bits per heavy atom. The van der Waals surface area contributed by atoms with Crippen LogP contribution in [0.2, 0.25) is 0 Å². The molecule has 0 saturated heterocycles. The first-order valence-corrected chi connectivity index (χ1v) is 6.35. The number of hydrogen-bond donors (Lipinski definition) is 1. The molecule has 0 bridgehead atoms. The third kappa shape index (κ3) is 3.63. The van der Waals surface area contributed by atoms with Gasteiger partial charge in [0.1, 0.15) is 0 Å². The number of hydrogen-bond acceptors (Lipinski definition) is 1. The monoisotopic (exact) mass is 283 g/mol. The van der Waals surface area contributed by atoms with Crippen molar-refractivity contribution >= 4 is 27.5 Å². The van der Waals surface area contributed by atoms with Crippen LogP contribution in [0.3, 0.4) is 0 Å². The Labute approximate surface area is 106 Å². The van der Waals surface area contributed by atoms with E-state index >= 15 is 0 Å². The zero-order chi connectivity index (χ0) is 12.3. The fraction of sp³-hybridized carbons (Fsp3) is 0.462. The van der Waals surface area contributed by atoms with E-state index in [1.54, 1.807) is 0 Å². The lowest BCUT2D eigenvalue weighted by molar-refractivity contribution is -0.116. The summed E-state index contributed by atoms with van der Waals surface area (Å²) in [6.07, 6.45) is 0. The van der Waals surface area contributed by atoms with E-state index in [1.165, 1.54) is 0 Å². The van der Waals surface area contributed by atoms with Gasteiger partial charge in [-0.05, 0) is 43.0 Å². The molecule has 0 aliphatic carbocycles. The molecule has 1 aromatic rings. The smallest absolute Gasteiger partial charge is 0.238 e. The number of rotatable bonds is 3. The lowest BCUT2D eigenvalue weighted by Gasteiger charge is -2.14. The second-order valence-electron chi connectivity index (χ2n) is 4.51. The minimum absolute atomic E-state index is 0.0139. The minimum atomic E-state index is -0.145. The number of carbonyl (C=O) groups is 1. The minimum Gasteiger partial charge on any atom is -0.325 e. The maximum atomic E-state index is 11.8. The van der Waals surface area contributed by atoms with Gasteiger partial charge in [-0.2, -0.15) is 0 Å². The molecule has 0 heterocycles. The normalized spacial score (nSPS) is 12.6. The van der Waals surface area contributed by atoms with Gasteiger partial charge < -0.3 is 5.32 Å². The van der Waals surface area contributed by atoms with Crippen LogP contribution in [-0.4, -0.2) is 10.7 Å². The van der Waals surface area contributed by atoms with Crippen LogP contribution in [0.1, 0.15) is 25.0 Å². The van der Waals surface area contributed by atoms with E-state index in [9.17, 15) is 4.79 Å². The Morgan fingerprint density at radius 1 is 1.19 bits per heavy atom. The number of halogens is 1. The fourth-order valence-electron chi connectivity index (χ4n) is 1.56. The summed E-state index contributed by atoms with van der Waals surface area (Å²) in [5.74, 6) is 0.297. The molecule has 1 unspecified atom stereocenters. The topological polar surface area (TPSA) is 29.1 Å². The Morgan fingerprint density at radius 3 is 2.12 bits per heavy atom. The van der Waals surface area contributed by atoms with Gasteiger partial charge in [-0.25, -0.2) is 0 Å². The molecular formula is C13H18BrNO. The lowest BCUT2D eigenvalue weighted by Crippen LogP contribution is -2.27. The van der Waals surface area contributed by atoms with E-state index in [0.717, 1.165) is 16.8 Å². The first-order valence-electron chi connectivity index (χ1n) is 5.43. The van der Waals surface area contributed by atoms with Gasteiger partial charge in [0, 0.05) is 5.69 Å². The van der Waals surface area contributed by atoms with E-state index in [1.807, 2.05) is 39.8 Å². The molecule has 1 rings (SSSR count). The molecule has 1 atom stereocenters. The summed E-state index contributed by atoms with van der Waals surface area (Å²) in [6.45, 7) is 8.08. The average molecular weight is 284 g/mol. The van der Waals surface area contributed by atoms with Gasteiger partial charge in [0.15, 0.2) is 0 Å². The first kappa shape index (κ1) is 13.2. The standard InChI is InChI=1S/C13H18BrNO/c1-8(2)12(14)13(16)15-11-6-9(3)5-10(4)7-11/h5-8,12H,1-4H3,(H,15,16). The van der Waals surface area contributed by atoms with E-state index < -0.39 is 0 Å². The highest BCUT2D eigenvalue weighted by Gasteiger charge is 2.18. The number of nitrogens with one attached hydrogen (secondary N) is 1. The number of amides is 1. The maximum absolute atomic E-state index is 11.8. The Balaban J connectivity index is 2.77. The summed E-state index contributed by atoms with van der Waals surface area (Å²) in [5, 5.41) is 2.92. The predicted octanol–water partition coefficient (Wildman–Crippen LogP) is 3.66. The second-order valence-corrected chi connectivity index (χ2v) is 5.50. The van der Waals surface area contributed by atoms with Crippen LogP contribution in [0.15, 0.2) is 18.2 Å². The maximum Gasteiger partial charge on any atom is 0.238 e. The molecule has 0 fully saturated rings. The molecule has 0 radical (unpaired) electrons. The highest BCUT2D eigenvalue weighted by molar-refractivity contribution is 9.10. The molecule has 88 valence electrons. The largest absolute Gasteiger partial charge is 0.325 e. The van der Waals surface area contributed by atoms with Gasteiger partial charge in [-0.1, -0.05) is 35.8 Å². The summed E-state index contributed by atoms with van der Waals surface area (Å²) in [6, 6.07) is 6.04. The molecule has 1 amide bonds. The molecule has 0 aromatic heterocycles. The van der Waals surface area contributed by atoms with E-state index in [2.05, 4.69) is 27.3 Å². The van der Waals surface area contributed by atoms with Crippen LogP contribution in [0.25, 0.3) is 0 Å². The van der Waals surface area contributed by atoms with Crippen molar-refractivity contribution in [3.8, 4) is 0 Å². The van der Waals surface area contributed by atoms with Crippen molar-refractivity contribution < 1.29 is 4.79 Å². The number of benzene rings is 1. The molecule has 2 nitrogen and oxygen atoms in total. The van der Waals surface area contributed by atoms with Gasteiger partial charge in [0.25, 0.3) is 0 Å². The van der Waals surface area contributed by atoms with Crippen molar-refractivity contribution in [2.75, 3.05) is 5.32 Å². The lowest BCUT2D eigenvalue weighted by atomic mass is 10.1. The van der Waals surface area contributed by atoms with Crippen LogP contribution in [0.4, 0.5) is 5.69 Å². The number of carbonyl (C=O) groups excluding carboxylic acids is 1. The summed E-state index contributed by atoms with van der Waals surface area (Å²) in [7, 11) is 0. The molecule has 0 saturated carbocycles. The second kappa shape index (κ2) is 5.48. The van der Waals surface area contributed by atoms with Gasteiger partial charge in [-0.15, -0.1) is 0 Å². The molecule has 0 aliphatic heterocycles. The summed E-state index contributed by atoms with van der Waals surface area (Å²) in [5.41, 5.74) is 3.18. The van der Waals surface area contributed by atoms with Gasteiger partial charge in [0.2, 0.25) is 5.91 Å². The Hall–Kier alpha value is -0.830. The van der Waals surface area contributed by atoms with Crippen molar-refractivity contribution in [1.29, 1.82) is 0 Å². The SMILES string of the molecule is Cc1cc(C)cc(NC(=O)C(Br)C(C)C)c1. The molecule has 1 aromatic carbocycles. The molecule has 3 heteroatoms. The van der Waals surface area contributed by atoms with E-state index in [0.29, 0.717) is 0 Å². The summed E-state index contributed by atoms with van der Waals surface area (Å²) in [4.78, 5) is 11.7. The summed E-state index contributed by atoms with van der Waals surface area (Å²) >= 11 is 3.39. The Bertz CT molecular complexity index is 367. The number of alkyl halides is 1. The quantitative estimate of drug-likeness (QED) is 0.843. The van der Waals surface area contributed by atoms with Crippen molar-refractivity contribution in [3.05, 3.63) is 29.3 Å². The third-order valence-corrected chi connectivity index (χ3v) is 3.80. The zero-order valence-electron chi connectivity index (χ0n) is 10.2. The van der Waals surface area contributed by atoms with Gasteiger partial charge in [-0.3, -0.25) is 4.79 Å². The average Bonchev–Trinajstić information content (AvgIpc) is 2.14.